The summed E-state index contributed by atoms with van der Waals surface area (Å²) in [6.07, 6.45) is 1.71. The molecule has 0 saturated carbocycles. The van der Waals surface area contributed by atoms with Crippen molar-refractivity contribution in [1.29, 1.82) is 0 Å². The van der Waals surface area contributed by atoms with Crippen LogP contribution >= 0.6 is 0 Å². The SMILES string of the molecule is C=O.CNC(=O)C(CCC=O)N(C)Cc1c(C)cccc1N. The molecule has 0 fully saturated rings. The molecule has 122 valence electrons. The first-order valence-electron chi connectivity index (χ1n) is 6.99. The van der Waals surface area contributed by atoms with Gasteiger partial charge < -0.3 is 20.6 Å². The molecular formula is C16H25N3O3. The molecule has 22 heavy (non-hydrogen) atoms. The Morgan fingerprint density at radius 3 is 2.59 bits per heavy atom. The van der Waals surface area contributed by atoms with Gasteiger partial charge in [0.15, 0.2) is 0 Å². The van der Waals surface area contributed by atoms with Gasteiger partial charge in [-0.15, -0.1) is 0 Å². The summed E-state index contributed by atoms with van der Waals surface area (Å²) in [4.78, 5) is 32.4. The van der Waals surface area contributed by atoms with Gasteiger partial charge in [0.05, 0.1) is 6.04 Å². The van der Waals surface area contributed by atoms with E-state index in [-0.39, 0.29) is 11.9 Å². The van der Waals surface area contributed by atoms with Gasteiger partial charge in [-0.25, -0.2) is 0 Å². The summed E-state index contributed by atoms with van der Waals surface area (Å²) in [5.74, 6) is -0.0819. The minimum absolute atomic E-state index is 0.0819. The Labute approximate surface area is 131 Å². The zero-order chi connectivity index (χ0) is 17.1. The monoisotopic (exact) mass is 307 g/mol. The minimum Gasteiger partial charge on any atom is -0.398 e. The van der Waals surface area contributed by atoms with Gasteiger partial charge in [0.25, 0.3) is 0 Å². The predicted octanol–water partition coefficient (Wildman–Crippen LogP) is 0.918. The first-order valence-corrected chi connectivity index (χ1v) is 6.99. The summed E-state index contributed by atoms with van der Waals surface area (Å²) < 4.78 is 0. The summed E-state index contributed by atoms with van der Waals surface area (Å²) in [6.45, 7) is 4.58. The second kappa shape index (κ2) is 10.5. The Morgan fingerprint density at radius 2 is 2.09 bits per heavy atom. The molecular weight excluding hydrogens is 282 g/mol. The van der Waals surface area contributed by atoms with Crippen LogP contribution in [-0.2, 0) is 20.9 Å². The van der Waals surface area contributed by atoms with E-state index in [2.05, 4.69) is 5.32 Å². The number of nitrogens with one attached hydrogen (secondary N) is 1. The molecule has 0 aliphatic rings. The highest BCUT2D eigenvalue weighted by molar-refractivity contribution is 5.81. The number of nitrogens with zero attached hydrogens (tertiary/aromatic N) is 1. The van der Waals surface area contributed by atoms with Crippen LogP contribution in [0.3, 0.4) is 0 Å². The number of hydrogen-bond acceptors (Lipinski definition) is 5. The molecule has 0 heterocycles. The number of aldehydes is 1. The molecule has 0 spiro atoms. The largest absolute Gasteiger partial charge is 0.398 e. The summed E-state index contributed by atoms with van der Waals surface area (Å²) in [7, 11) is 3.48. The maximum atomic E-state index is 11.9. The number of hydrogen-bond donors (Lipinski definition) is 2. The van der Waals surface area contributed by atoms with E-state index in [4.69, 9.17) is 10.5 Å². The normalized spacial score (nSPS) is 11.3. The van der Waals surface area contributed by atoms with Gasteiger partial charge in [0.1, 0.15) is 13.1 Å². The second-order valence-corrected chi connectivity index (χ2v) is 4.93. The van der Waals surface area contributed by atoms with Crippen molar-refractivity contribution in [3.05, 3.63) is 29.3 Å². The van der Waals surface area contributed by atoms with Gasteiger partial charge in [-0.2, -0.15) is 0 Å². The first-order chi connectivity index (χ1) is 10.5. The lowest BCUT2D eigenvalue weighted by Crippen LogP contribution is -2.43. The highest BCUT2D eigenvalue weighted by Crippen LogP contribution is 2.19. The van der Waals surface area contributed by atoms with E-state index in [1.54, 1.807) is 7.05 Å². The van der Waals surface area contributed by atoms with Crippen molar-refractivity contribution in [2.75, 3.05) is 19.8 Å². The van der Waals surface area contributed by atoms with Gasteiger partial charge in [-0.3, -0.25) is 9.69 Å². The molecule has 0 saturated heterocycles. The topological polar surface area (TPSA) is 92.5 Å². The van der Waals surface area contributed by atoms with E-state index in [1.165, 1.54) is 0 Å². The van der Waals surface area contributed by atoms with Crippen molar-refractivity contribution in [1.82, 2.24) is 10.2 Å². The van der Waals surface area contributed by atoms with Crippen LogP contribution in [0.15, 0.2) is 18.2 Å². The highest BCUT2D eigenvalue weighted by Gasteiger charge is 2.22. The number of aryl methyl sites for hydroxylation is 1. The Kier molecular flexibility index (Phi) is 9.45. The van der Waals surface area contributed by atoms with Crippen LogP contribution in [-0.4, -0.2) is 44.0 Å². The molecule has 0 aliphatic carbocycles. The summed E-state index contributed by atoms with van der Waals surface area (Å²) in [6, 6.07) is 5.44. The average Bonchev–Trinajstić information content (AvgIpc) is 2.53. The van der Waals surface area contributed by atoms with Crippen molar-refractivity contribution in [3.63, 3.8) is 0 Å². The molecule has 3 N–H and O–H groups in total. The Balaban J connectivity index is 0.00000211. The number of anilines is 1. The van der Waals surface area contributed by atoms with E-state index < -0.39 is 0 Å². The lowest BCUT2D eigenvalue weighted by atomic mass is 10.0. The predicted molar refractivity (Wildman–Crippen MR) is 87.3 cm³/mol. The number of carbonyl (C=O) groups excluding carboxylic acids is 3. The van der Waals surface area contributed by atoms with Crippen molar-refractivity contribution in [2.45, 2.75) is 32.4 Å². The third-order valence-corrected chi connectivity index (χ3v) is 3.49. The summed E-state index contributed by atoms with van der Waals surface area (Å²) in [5.41, 5.74) is 8.84. The number of rotatable bonds is 7. The molecule has 0 aliphatic heterocycles. The fourth-order valence-corrected chi connectivity index (χ4v) is 2.24. The molecule has 1 aromatic rings. The standard InChI is InChI=1S/C15H23N3O2.CH2O/c1-11-6-4-7-13(16)12(11)10-18(3)14(8-5-9-19)15(20)17-2;1-2/h4,6-7,9,14H,5,8,10,16H2,1-3H3,(H,17,20);1H2. The van der Waals surface area contributed by atoms with Crippen LogP contribution in [0.2, 0.25) is 0 Å². The third kappa shape index (κ3) is 5.65. The minimum atomic E-state index is -0.329. The molecule has 1 unspecified atom stereocenters. The highest BCUT2D eigenvalue weighted by atomic mass is 16.2. The van der Waals surface area contributed by atoms with Crippen LogP contribution in [0, 0.1) is 6.92 Å². The molecule has 1 amide bonds. The molecule has 1 rings (SSSR count). The quantitative estimate of drug-likeness (QED) is 0.577. The van der Waals surface area contributed by atoms with Crippen LogP contribution in [0.4, 0.5) is 5.69 Å². The molecule has 0 aromatic heterocycles. The molecule has 0 bridgehead atoms. The lowest BCUT2D eigenvalue weighted by molar-refractivity contribution is -0.126. The van der Waals surface area contributed by atoms with Gasteiger partial charge >= 0.3 is 0 Å². The number of nitrogens with two attached hydrogens (primary N) is 1. The van der Waals surface area contributed by atoms with Gasteiger partial charge in [0, 0.05) is 25.7 Å². The van der Waals surface area contributed by atoms with Gasteiger partial charge in [-0.05, 0) is 37.6 Å². The van der Waals surface area contributed by atoms with Crippen molar-refractivity contribution >= 4 is 24.7 Å². The third-order valence-electron chi connectivity index (χ3n) is 3.49. The smallest absolute Gasteiger partial charge is 0.237 e. The summed E-state index contributed by atoms with van der Waals surface area (Å²) in [5, 5.41) is 2.64. The molecule has 1 aromatic carbocycles. The van der Waals surface area contributed by atoms with Crippen molar-refractivity contribution in [3.8, 4) is 0 Å². The van der Waals surface area contributed by atoms with E-state index >= 15 is 0 Å². The summed E-state index contributed by atoms with van der Waals surface area (Å²) >= 11 is 0. The fourth-order valence-electron chi connectivity index (χ4n) is 2.24. The van der Waals surface area contributed by atoms with Crippen LogP contribution in [0.1, 0.15) is 24.0 Å². The van der Waals surface area contributed by atoms with Crippen LogP contribution < -0.4 is 11.1 Å². The Morgan fingerprint density at radius 1 is 1.45 bits per heavy atom. The van der Waals surface area contributed by atoms with E-state index in [1.807, 2.05) is 43.9 Å². The van der Waals surface area contributed by atoms with Gasteiger partial charge in [0.2, 0.25) is 5.91 Å². The first kappa shape index (κ1) is 19.8. The zero-order valence-corrected chi connectivity index (χ0v) is 13.5. The van der Waals surface area contributed by atoms with E-state index in [9.17, 15) is 9.59 Å². The maximum Gasteiger partial charge on any atom is 0.237 e. The second-order valence-electron chi connectivity index (χ2n) is 4.93. The van der Waals surface area contributed by atoms with E-state index in [0.29, 0.717) is 19.4 Å². The van der Waals surface area contributed by atoms with Crippen LogP contribution in [0.25, 0.3) is 0 Å². The number of likely N-dealkylation sites (N-methyl/N-ethyl adjacent to an activating group) is 2. The maximum absolute atomic E-state index is 11.9. The van der Waals surface area contributed by atoms with Crippen molar-refractivity contribution < 1.29 is 14.4 Å². The number of benzene rings is 1. The molecule has 6 nitrogen and oxygen atoms in total. The average molecular weight is 307 g/mol. The molecule has 1 atom stereocenters. The zero-order valence-electron chi connectivity index (χ0n) is 13.5. The lowest BCUT2D eigenvalue weighted by Gasteiger charge is -2.27. The Bertz CT molecular complexity index is 471. The number of carbonyl (C=O) groups is 3. The van der Waals surface area contributed by atoms with Crippen molar-refractivity contribution in [2.24, 2.45) is 0 Å². The Hall–Kier alpha value is -2.21. The van der Waals surface area contributed by atoms with E-state index in [0.717, 1.165) is 23.1 Å². The number of nitrogen functional groups attached to an aromatic ring is 1. The molecule has 0 radical (unpaired) electrons. The fraction of sp³-hybridized carbons (Fsp3) is 0.438. The van der Waals surface area contributed by atoms with Gasteiger partial charge in [-0.1, -0.05) is 12.1 Å². The van der Waals surface area contributed by atoms with Crippen LogP contribution in [0.5, 0.6) is 0 Å². The number of amides is 1. The molecule has 6 heteroatoms.